The fourth-order valence-corrected chi connectivity index (χ4v) is 2.63. The zero-order valence-electron chi connectivity index (χ0n) is 13.8. The van der Waals surface area contributed by atoms with Crippen LogP contribution in [-0.2, 0) is 11.2 Å². The van der Waals surface area contributed by atoms with Crippen LogP contribution < -0.4 is 4.74 Å². The number of carbonyl (C=O) groups is 1. The fourth-order valence-electron chi connectivity index (χ4n) is 2.29. The summed E-state index contributed by atoms with van der Waals surface area (Å²) >= 11 is 3.44. The molecule has 1 heterocycles. The van der Waals surface area contributed by atoms with E-state index in [0.717, 1.165) is 22.4 Å². The Morgan fingerprint density at radius 3 is 2.74 bits per heavy atom. The van der Waals surface area contributed by atoms with Crippen LogP contribution in [0, 0.1) is 5.92 Å². The van der Waals surface area contributed by atoms with Crippen molar-refractivity contribution in [2.45, 2.75) is 27.2 Å². The molecule has 0 spiro atoms. The summed E-state index contributed by atoms with van der Waals surface area (Å²) in [5.41, 5.74) is 1.15. The first-order chi connectivity index (χ1) is 11.0. The van der Waals surface area contributed by atoms with Crippen LogP contribution in [0.1, 0.15) is 37.1 Å². The molecule has 0 unspecified atom stereocenters. The monoisotopic (exact) mass is 380 g/mol. The normalized spacial score (nSPS) is 10.9. The van der Waals surface area contributed by atoms with Gasteiger partial charge >= 0.3 is 5.97 Å². The SMILES string of the molecule is CCOC(=O)c1cn(-c2ccc(Br)cc2OC)c(CC(C)C)n1. The molecule has 1 aromatic heterocycles. The Kier molecular flexibility index (Phi) is 5.82. The van der Waals surface area contributed by atoms with Crippen molar-refractivity contribution in [1.82, 2.24) is 9.55 Å². The van der Waals surface area contributed by atoms with Gasteiger partial charge in [0.05, 0.1) is 19.4 Å². The molecule has 5 nitrogen and oxygen atoms in total. The quantitative estimate of drug-likeness (QED) is 0.710. The summed E-state index contributed by atoms with van der Waals surface area (Å²) in [5.74, 6) is 1.51. The van der Waals surface area contributed by atoms with E-state index >= 15 is 0 Å². The van der Waals surface area contributed by atoms with E-state index in [1.54, 1.807) is 20.2 Å². The standard InChI is InChI=1S/C17H21BrN2O3/c1-5-23-17(21)13-10-20(16(19-13)8-11(2)3)14-7-6-12(18)9-15(14)22-4/h6-7,9-11H,5,8H2,1-4H3. The second kappa shape index (κ2) is 7.64. The molecule has 0 aliphatic carbocycles. The lowest BCUT2D eigenvalue weighted by molar-refractivity contribution is 0.0520. The van der Waals surface area contributed by atoms with Crippen molar-refractivity contribution in [3.05, 3.63) is 40.4 Å². The summed E-state index contributed by atoms with van der Waals surface area (Å²) in [5, 5.41) is 0. The molecule has 2 aromatic rings. The Morgan fingerprint density at radius 1 is 1.39 bits per heavy atom. The molecule has 0 saturated heterocycles. The van der Waals surface area contributed by atoms with Crippen LogP contribution >= 0.6 is 15.9 Å². The van der Waals surface area contributed by atoms with Crippen LogP contribution in [0.2, 0.25) is 0 Å². The van der Waals surface area contributed by atoms with Crippen molar-refractivity contribution in [3.8, 4) is 11.4 Å². The highest BCUT2D eigenvalue weighted by atomic mass is 79.9. The van der Waals surface area contributed by atoms with E-state index < -0.39 is 5.97 Å². The lowest BCUT2D eigenvalue weighted by Crippen LogP contribution is -2.06. The summed E-state index contributed by atoms with van der Waals surface area (Å²) in [4.78, 5) is 16.5. The molecular weight excluding hydrogens is 360 g/mol. The molecule has 6 heteroatoms. The van der Waals surface area contributed by atoms with Crippen LogP contribution in [0.4, 0.5) is 0 Å². The Balaban J connectivity index is 2.53. The first-order valence-corrected chi connectivity index (χ1v) is 8.34. The van der Waals surface area contributed by atoms with Crippen molar-refractivity contribution in [2.75, 3.05) is 13.7 Å². The van der Waals surface area contributed by atoms with Gasteiger partial charge in [0.25, 0.3) is 0 Å². The van der Waals surface area contributed by atoms with Gasteiger partial charge in [0.15, 0.2) is 5.69 Å². The highest BCUT2D eigenvalue weighted by Gasteiger charge is 2.19. The Bertz CT molecular complexity index is 695. The predicted molar refractivity (Wildman–Crippen MR) is 92.3 cm³/mol. The van der Waals surface area contributed by atoms with Gasteiger partial charge in [-0.1, -0.05) is 29.8 Å². The average Bonchev–Trinajstić information content (AvgIpc) is 2.90. The first-order valence-electron chi connectivity index (χ1n) is 7.55. The first kappa shape index (κ1) is 17.5. The lowest BCUT2D eigenvalue weighted by atomic mass is 10.1. The Hall–Kier alpha value is -1.82. The maximum Gasteiger partial charge on any atom is 0.358 e. The zero-order chi connectivity index (χ0) is 17.0. The third-order valence-corrected chi connectivity index (χ3v) is 3.75. The lowest BCUT2D eigenvalue weighted by Gasteiger charge is -2.13. The topological polar surface area (TPSA) is 53.4 Å². The molecule has 2 rings (SSSR count). The van der Waals surface area contributed by atoms with Gasteiger partial charge in [-0.05, 0) is 31.0 Å². The summed E-state index contributed by atoms with van der Waals surface area (Å²) < 4.78 is 13.3. The number of hydrogen-bond donors (Lipinski definition) is 0. The minimum Gasteiger partial charge on any atom is -0.495 e. The predicted octanol–water partition coefficient (Wildman–Crippen LogP) is 4.02. The van der Waals surface area contributed by atoms with Gasteiger partial charge < -0.3 is 9.47 Å². The van der Waals surface area contributed by atoms with Gasteiger partial charge in [-0.3, -0.25) is 4.57 Å². The molecule has 0 N–H and O–H groups in total. The number of esters is 1. The molecule has 0 aliphatic rings. The van der Waals surface area contributed by atoms with Crippen molar-refractivity contribution in [1.29, 1.82) is 0 Å². The number of rotatable bonds is 6. The molecule has 1 aromatic carbocycles. The average molecular weight is 381 g/mol. The molecule has 0 bridgehead atoms. The van der Waals surface area contributed by atoms with Crippen LogP contribution in [0.5, 0.6) is 5.75 Å². The van der Waals surface area contributed by atoms with Gasteiger partial charge in [0, 0.05) is 17.1 Å². The minimum atomic E-state index is -0.410. The maximum absolute atomic E-state index is 12.0. The number of halogens is 1. The molecule has 124 valence electrons. The fraction of sp³-hybridized carbons (Fsp3) is 0.412. The highest BCUT2D eigenvalue weighted by Crippen LogP contribution is 2.28. The van der Waals surface area contributed by atoms with E-state index in [-0.39, 0.29) is 0 Å². The minimum absolute atomic E-state index is 0.312. The van der Waals surface area contributed by atoms with Gasteiger partial charge in [0.2, 0.25) is 0 Å². The van der Waals surface area contributed by atoms with Crippen LogP contribution in [0.3, 0.4) is 0 Å². The smallest absolute Gasteiger partial charge is 0.358 e. The zero-order valence-corrected chi connectivity index (χ0v) is 15.4. The third kappa shape index (κ3) is 4.13. The number of imidazole rings is 1. The number of methoxy groups -OCH3 is 1. The van der Waals surface area contributed by atoms with E-state index in [1.807, 2.05) is 22.8 Å². The van der Waals surface area contributed by atoms with Crippen molar-refractivity contribution < 1.29 is 14.3 Å². The number of ether oxygens (including phenoxy) is 2. The number of nitrogens with zero attached hydrogens (tertiary/aromatic N) is 2. The van der Waals surface area contributed by atoms with Gasteiger partial charge in [-0.2, -0.15) is 0 Å². The Morgan fingerprint density at radius 2 is 2.13 bits per heavy atom. The van der Waals surface area contributed by atoms with Crippen LogP contribution in [-0.4, -0.2) is 29.2 Å². The molecule has 0 amide bonds. The van der Waals surface area contributed by atoms with Crippen molar-refractivity contribution in [2.24, 2.45) is 5.92 Å². The maximum atomic E-state index is 12.0. The summed E-state index contributed by atoms with van der Waals surface area (Å²) in [6.07, 6.45) is 2.46. The molecule has 0 fully saturated rings. The highest BCUT2D eigenvalue weighted by molar-refractivity contribution is 9.10. The van der Waals surface area contributed by atoms with Crippen molar-refractivity contribution >= 4 is 21.9 Å². The Labute approximate surface area is 144 Å². The molecule has 23 heavy (non-hydrogen) atoms. The molecule has 0 radical (unpaired) electrons. The molecular formula is C17H21BrN2O3. The van der Waals surface area contributed by atoms with Crippen LogP contribution in [0.25, 0.3) is 5.69 Å². The molecule has 0 aliphatic heterocycles. The van der Waals surface area contributed by atoms with E-state index in [1.165, 1.54) is 0 Å². The second-order valence-electron chi connectivity index (χ2n) is 5.55. The van der Waals surface area contributed by atoms with Crippen LogP contribution in [0.15, 0.2) is 28.9 Å². The van der Waals surface area contributed by atoms with Gasteiger partial charge in [-0.15, -0.1) is 0 Å². The third-order valence-electron chi connectivity index (χ3n) is 3.26. The summed E-state index contributed by atoms with van der Waals surface area (Å²) in [6, 6.07) is 5.75. The van der Waals surface area contributed by atoms with E-state index in [4.69, 9.17) is 9.47 Å². The summed E-state index contributed by atoms with van der Waals surface area (Å²) in [6.45, 7) is 6.33. The van der Waals surface area contributed by atoms with E-state index in [2.05, 4.69) is 34.8 Å². The van der Waals surface area contributed by atoms with E-state index in [0.29, 0.717) is 24.0 Å². The second-order valence-corrected chi connectivity index (χ2v) is 6.46. The van der Waals surface area contributed by atoms with Crippen molar-refractivity contribution in [3.63, 3.8) is 0 Å². The summed E-state index contributed by atoms with van der Waals surface area (Å²) in [7, 11) is 1.62. The molecule has 0 saturated carbocycles. The number of aromatic nitrogens is 2. The van der Waals surface area contributed by atoms with Gasteiger partial charge in [-0.25, -0.2) is 9.78 Å². The molecule has 0 atom stereocenters. The van der Waals surface area contributed by atoms with E-state index in [9.17, 15) is 4.79 Å². The number of hydrogen-bond acceptors (Lipinski definition) is 4. The largest absolute Gasteiger partial charge is 0.495 e. The number of carbonyl (C=O) groups excluding carboxylic acids is 1. The van der Waals surface area contributed by atoms with Gasteiger partial charge in [0.1, 0.15) is 11.6 Å². The number of benzene rings is 1.